The molecule has 1 aromatic heterocycles. The Labute approximate surface area is 166 Å². The lowest BCUT2D eigenvalue weighted by Gasteiger charge is -2.11. The quantitative estimate of drug-likeness (QED) is 0.311. The molecule has 0 atom stereocenters. The highest BCUT2D eigenvalue weighted by Gasteiger charge is 2.19. The smallest absolute Gasteiger partial charge is 0.338 e. The lowest BCUT2D eigenvalue weighted by molar-refractivity contribution is 0.0601. The highest BCUT2D eigenvalue weighted by Crippen LogP contribution is 2.41. The van der Waals surface area contributed by atoms with Crippen LogP contribution in [0.2, 0.25) is 5.02 Å². The molecule has 5 aromatic rings. The number of hydrogen-bond acceptors (Lipinski definition) is 3. The predicted molar refractivity (Wildman–Crippen MR) is 113 cm³/mol. The van der Waals surface area contributed by atoms with Crippen LogP contribution in [-0.4, -0.2) is 13.1 Å². The van der Waals surface area contributed by atoms with Crippen LogP contribution in [0.5, 0.6) is 0 Å². The zero-order valence-electron chi connectivity index (χ0n) is 15.0. The second kappa shape index (κ2) is 6.39. The van der Waals surface area contributed by atoms with Crippen LogP contribution in [0, 0.1) is 0 Å². The van der Waals surface area contributed by atoms with E-state index in [4.69, 9.17) is 20.8 Å². The molecule has 0 bridgehead atoms. The van der Waals surface area contributed by atoms with E-state index in [1.54, 1.807) is 6.07 Å². The van der Waals surface area contributed by atoms with Crippen LogP contribution in [0.15, 0.2) is 77.2 Å². The lowest BCUT2D eigenvalue weighted by atomic mass is 9.92. The first-order valence-corrected chi connectivity index (χ1v) is 9.27. The number of halogens is 1. The first-order valence-electron chi connectivity index (χ1n) is 8.89. The summed E-state index contributed by atoms with van der Waals surface area (Å²) in [6.07, 6.45) is 0. The van der Waals surface area contributed by atoms with Crippen LogP contribution in [0.3, 0.4) is 0 Å². The van der Waals surface area contributed by atoms with Gasteiger partial charge in [0.15, 0.2) is 5.58 Å². The molecular weight excluding hydrogens is 372 g/mol. The number of hydrogen-bond donors (Lipinski definition) is 0. The van der Waals surface area contributed by atoms with Gasteiger partial charge in [0.25, 0.3) is 0 Å². The molecule has 3 nitrogen and oxygen atoms in total. The van der Waals surface area contributed by atoms with E-state index in [1.807, 2.05) is 60.7 Å². The van der Waals surface area contributed by atoms with Crippen molar-refractivity contribution in [1.29, 1.82) is 0 Å². The van der Waals surface area contributed by atoms with Gasteiger partial charge in [-0.3, -0.25) is 0 Å². The van der Waals surface area contributed by atoms with Crippen molar-refractivity contribution in [3.63, 3.8) is 0 Å². The Kier molecular flexibility index (Phi) is 3.85. The van der Waals surface area contributed by atoms with Gasteiger partial charge in [-0.25, -0.2) is 4.79 Å². The summed E-state index contributed by atoms with van der Waals surface area (Å²) in [5.41, 5.74) is 3.76. The minimum Gasteiger partial charge on any atom is -0.465 e. The maximum Gasteiger partial charge on any atom is 0.338 e. The van der Waals surface area contributed by atoms with Crippen molar-refractivity contribution < 1.29 is 13.9 Å². The highest BCUT2D eigenvalue weighted by molar-refractivity contribution is 6.36. The van der Waals surface area contributed by atoms with Gasteiger partial charge in [0, 0.05) is 16.2 Å². The molecule has 1 heterocycles. The molecule has 0 aliphatic carbocycles. The third-order valence-corrected chi connectivity index (χ3v) is 5.38. The van der Waals surface area contributed by atoms with Gasteiger partial charge in [0.2, 0.25) is 0 Å². The molecule has 0 radical (unpaired) electrons. The first kappa shape index (κ1) is 16.8. The topological polar surface area (TPSA) is 39.4 Å². The van der Waals surface area contributed by atoms with Crippen LogP contribution < -0.4 is 0 Å². The van der Waals surface area contributed by atoms with Crippen molar-refractivity contribution in [3.8, 4) is 11.1 Å². The van der Waals surface area contributed by atoms with E-state index in [9.17, 15) is 4.79 Å². The molecule has 4 aromatic carbocycles. The summed E-state index contributed by atoms with van der Waals surface area (Å²) in [7, 11) is 1.39. The van der Waals surface area contributed by atoms with Crippen LogP contribution in [-0.2, 0) is 4.74 Å². The summed E-state index contributed by atoms with van der Waals surface area (Å²) in [6.45, 7) is 0. The molecule has 0 saturated carbocycles. The summed E-state index contributed by atoms with van der Waals surface area (Å²) >= 11 is 6.37. The summed E-state index contributed by atoms with van der Waals surface area (Å²) in [5.74, 6) is -0.361. The molecule has 136 valence electrons. The second-order valence-corrected chi connectivity index (χ2v) is 7.01. The number of para-hydroxylation sites is 1. The van der Waals surface area contributed by atoms with E-state index >= 15 is 0 Å². The fourth-order valence-corrected chi connectivity index (χ4v) is 4.03. The standard InChI is InChI=1S/C24H15ClO3/c1-27-24(26)18-10-5-3-8-15(18)19-13-20-17-11-6-12-21(25)23(17)28-22(20)16-9-4-2-7-14(16)19/h2-13H,1H3. The Morgan fingerprint density at radius 2 is 1.46 bits per heavy atom. The normalized spacial score (nSPS) is 11.4. The molecule has 0 spiro atoms. The maximum atomic E-state index is 12.4. The fourth-order valence-electron chi connectivity index (χ4n) is 3.81. The zero-order valence-corrected chi connectivity index (χ0v) is 15.8. The Balaban J connectivity index is 1.96. The third-order valence-electron chi connectivity index (χ3n) is 5.08. The molecule has 0 aliphatic heterocycles. The molecule has 0 fully saturated rings. The van der Waals surface area contributed by atoms with Gasteiger partial charge in [0.05, 0.1) is 17.7 Å². The Morgan fingerprint density at radius 1 is 0.786 bits per heavy atom. The first-order chi connectivity index (χ1) is 13.7. The number of carbonyl (C=O) groups is 1. The number of benzene rings is 4. The number of furan rings is 1. The molecular formula is C24H15ClO3. The van der Waals surface area contributed by atoms with Crippen LogP contribution in [0.25, 0.3) is 43.8 Å². The van der Waals surface area contributed by atoms with Gasteiger partial charge >= 0.3 is 5.97 Å². The lowest BCUT2D eigenvalue weighted by Crippen LogP contribution is -2.03. The summed E-state index contributed by atoms with van der Waals surface area (Å²) in [6, 6.07) is 23.3. The number of esters is 1. The van der Waals surface area contributed by atoms with Crippen molar-refractivity contribution in [3.05, 3.63) is 83.4 Å². The maximum absolute atomic E-state index is 12.4. The van der Waals surface area contributed by atoms with Crippen molar-refractivity contribution in [2.75, 3.05) is 7.11 Å². The molecule has 0 aliphatic rings. The molecule has 0 N–H and O–H groups in total. The van der Waals surface area contributed by atoms with Crippen LogP contribution >= 0.6 is 11.6 Å². The number of methoxy groups -OCH3 is 1. The number of rotatable bonds is 2. The van der Waals surface area contributed by atoms with Gasteiger partial charge in [0.1, 0.15) is 5.58 Å². The molecule has 0 unspecified atom stereocenters. The third kappa shape index (κ3) is 2.40. The van der Waals surface area contributed by atoms with E-state index in [2.05, 4.69) is 6.07 Å². The number of fused-ring (bicyclic) bond motifs is 5. The summed E-state index contributed by atoms with van der Waals surface area (Å²) < 4.78 is 11.2. The van der Waals surface area contributed by atoms with Crippen molar-refractivity contribution >= 4 is 50.3 Å². The van der Waals surface area contributed by atoms with E-state index in [-0.39, 0.29) is 5.97 Å². The summed E-state index contributed by atoms with van der Waals surface area (Å²) in [4.78, 5) is 12.4. The largest absolute Gasteiger partial charge is 0.465 e. The van der Waals surface area contributed by atoms with Crippen molar-refractivity contribution in [2.45, 2.75) is 0 Å². The van der Waals surface area contributed by atoms with Gasteiger partial charge in [-0.15, -0.1) is 0 Å². The van der Waals surface area contributed by atoms with E-state index in [1.165, 1.54) is 7.11 Å². The second-order valence-electron chi connectivity index (χ2n) is 6.60. The van der Waals surface area contributed by atoms with Crippen LogP contribution in [0.4, 0.5) is 0 Å². The van der Waals surface area contributed by atoms with Crippen molar-refractivity contribution in [1.82, 2.24) is 0 Å². The minimum atomic E-state index is -0.361. The SMILES string of the molecule is COC(=O)c1ccccc1-c1cc2c3cccc(Cl)c3oc2c2ccccc12. The fraction of sp³-hybridized carbons (Fsp3) is 0.0417. The molecule has 4 heteroatoms. The number of carbonyl (C=O) groups excluding carboxylic acids is 1. The Morgan fingerprint density at radius 3 is 2.29 bits per heavy atom. The van der Waals surface area contributed by atoms with Gasteiger partial charge in [-0.1, -0.05) is 66.2 Å². The molecule has 0 saturated heterocycles. The molecule has 28 heavy (non-hydrogen) atoms. The monoisotopic (exact) mass is 386 g/mol. The van der Waals surface area contributed by atoms with Crippen LogP contribution in [0.1, 0.15) is 10.4 Å². The average Bonchev–Trinajstić information content (AvgIpc) is 3.13. The molecule has 0 amide bonds. The number of ether oxygens (including phenoxy) is 1. The van der Waals surface area contributed by atoms with Gasteiger partial charge < -0.3 is 9.15 Å². The minimum absolute atomic E-state index is 0.361. The average molecular weight is 387 g/mol. The Hall–Kier alpha value is -3.30. The summed E-state index contributed by atoms with van der Waals surface area (Å²) in [5, 5.41) is 4.47. The zero-order chi connectivity index (χ0) is 19.3. The van der Waals surface area contributed by atoms with E-state index in [0.29, 0.717) is 16.2 Å². The van der Waals surface area contributed by atoms with Gasteiger partial charge in [-0.2, -0.15) is 0 Å². The van der Waals surface area contributed by atoms with E-state index in [0.717, 1.165) is 38.3 Å². The predicted octanol–water partition coefficient (Wildman–Crippen LogP) is 6.85. The van der Waals surface area contributed by atoms with E-state index < -0.39 is 0 Å². The Bertz CT molecular complexity index is 1380. The highest BCUT2D eigenvalue weighted by atomic mass is 35.5. The molecule has 5 rings (SSSR count). The van der Waals surface area contributed by atoms with Gasteiger partial charge in [-0.05, 0) is 34.7 Å². The van der Waals surface area contributed by atoms with Crippen molar-refractivity contribution in [2.24, 2.45) is 0 Å².